The number of halogens is 2. The zero-order valence-electron chi connectivity index (χ0n) is 8.13. The minimum Gasteiger partial charge on any atom is -0.480 e. The van der Waals surface area contributed by atoms with Crippen LogP contribution in [0.5, 0.6) is 0 Å². The molecule has 1 aromatic carbocycles. The van der Waals surface area contributed by atoms with Crippen LogP contribution in [0.15, 0.2) is 27.1 Å². The first-order valence-electron chi connectivity index (χ1n) is 4.41. The van der Waals surface area contributed by atoms with Crippen molar-refractivity contribution in [3.05, 3.63) is 32.7 Å². The molecule has 0 bridgehead atoms. The monoisotopic (exact) mass is 335 g/mol. The van der Waals surface area contributed by atoms with E-state index in [0.717, 1.165) is 14.5 Å². The maximum absolute atomic E-state index is 10.6. The van der Waals surface area contributed by atoms with E-state index in [1.165, 1.54) is 0 Å². The van der Waals surface area contributed by atoms with Gasteiger partial charge in [0.2, 0.25) is 0 Å². The van der Waals surface area contributed by atoms with E-state index >= 15 is 0 Å². The number of hydrogen-bond donors (Lipinski definition) is 2. The van der Waals surface area contributed by atoms with Crippen LogP contribution in [0, 0.1) is 0 Å². The van der Waals surface area contributed by atoms with Crippen LogP contribution in [-0.4, -0.2) is 17.1 Å². The third-order valence-electron chi connectivity index (χ3n) is 1.97. The molecule has 5 heteroatoms. The second-order valence-electron chi connectivity index (χ2n) is 3.19. The molecule has 0 saturated carbocycles. The Bertz CT molecular complexity index is 368. The smallest absolute Gasteiger partial charge is 0.320 e. The molecule has 0 saturated heterocycles. The third kappa shape index (κ3) is 3.93. The lowest BCUT2D eigenvalue weighted by atomic mass is 10.2. The van der Waals surface area contributed by atoms with Crippen molar-refractivity contribution in [3.8, 4) is 0 Å². The first-order chi connectivity index (χ1) is 7.00. The summed E-state index contributed by atoms with van der Waals surface area (Å²) in [4.78, 5) is 10.6. The van der Waals surface area contributed by atoms with Gasteiger partial charge in [-0.05, 0) is 56.5 Å². The second kappa shape index (κ2) is 5.63. The first-order valence-corrected chi connectivity index (χ1v) is 5.99. The molecule has 2 N–H and O–H groups in total. The molecule has 1 aromatic rings. The predicted molar refractivity (Wildman–Crippen MR) is 65.8 cm³/mol. The molecule has 0 aliphatic carbocycles. The van der Waals surface area contributed by atoms with Crippen LogP contribution < -0.4 is 5.32 Å². The molecular formula is C10H11Br2NO2. The molecular weight excluding hydrogens is 326 g/mol. The number of nitrogens with one attached hydrogen (secondary N) is 1. The average Bonchev–Trinajstić information content (AvgIpc) is 2.19. The maximum atomic E-state index is 10.6. The van der Waals surface area contributed by atoms with Crippen LogP contribution >= 0.6 is 31.9 Å². The summed E-state index contributed by atoms with van der Waals surface area (Å²) >= 11 is 6.76. The number of carboxylic acid groups (broad SMARTS) is 1. The number of aliphatic carboxylic acids is 1. The molecule has 0 spiro atoms. The Morgan fingerprint density at radius 2 is 2.13 bits per heavy atom. The van der Waals surface area contributed by atoms with Gasteiger partial charge in [-0.25, -0.2) is 0 Å². The zero-order chi connectivity index (χ0) is 11.4. The van der Waals surface area contributed by atoms with Crippen molar-refractivity contribution in [1.29, 1.82) is 0 Å². The Hall–Kier alpha value is -0.390. The summed E-state index contributed by atoms with van der Waals surface area (Å²) in [6.07, 6.45) is 0. The third-order valence-corrected chi connectivity index (χ3v) is 3.85. The summed E-state index contributed by atoms with van der Waals surface area (Å²) in [6, 6.07) is 5.28. The molecule has 3 nitrogen and oxygen atoms in total. The van der Waals surface area contributed by atoms with Crippen molar-refractivity contribution in [2.75, 3.05) is 0 Å². The van der Waals surface area contributed by atoms with Gasteiger partial charge in [0.25, 0.3) is 0 Å². The van der Waals surface area contributed by atoms with Crippen molar-refractivity contribution >= 4 is 37.8 Å². The molecule has 0 radical (unpaired) electrons. The van der Waals surface area contributed by atoms with Crippen molar-refractivity contribution in [1.82, 2.24) is 5.32 Å². The normalized spacial score (nSPS) is 12.5. The second-order valence-corrected chi connectivity index (χ2v) is 4.90. The van der Waals surface area contributed by atoms with Gasteiger partial charge >= 0.3 is 5.97 Å². The van der Waals surface area contributed by atoms with Crippen LogP contribution in [-0.2, 0) is 11.3 Å². The predicted octanol–water partition coefficient (Wildman–Crippen LogP) is 2.77. The summed E-state index contributed by atoms with van der Waals surface area (Å²) in [7, 11) is 0. The number of carboxylic acids is 1. The van der Waals surface area contributed by atoms with Crippen LogP contribution in [0.2, 0.25) is 0 Å². The molecule has 0 aliphatic heterocycles. The van der Waals surface area contributed by atoms with E-state index in [4.69, 9.17) is 5.11 Å². The summed E-state index contributed by atoms with van der Waals surface area (Å²) in [5, 5.41) is 11.6. The zero-order valence-corrected chi connectivity index (χ0v) is 11.3. The minimum atomic E-state index is -0.842. The number of benzene rings is 1. The Labute approximate surface area is 105 Å². The minimum absolute atomic E-state index is 0.535. The summed E-state index contributed by atoms with van der Waals surface area (Å²) in [6.45, 7) is 2.16. The fraction of sp³-hybridized carbons (Fsp3) is 0.300. The van der Waals surface area contributed by atoms with Crippen molar-refractivity contribution < 1.29 is 9.90 Å². The van der Waals surface area contributed by atoms with Crippen LogP contribution in [0.1, 0.15) is 12.5 Å². The molecule has 1 rings (SSSR count). The molecule has 0 aliphatic rings. The van der Waals surface area contributed by atoms with Gasteiger partial charge in [0, 0.05) is 15.5 Å². The van der Waals surface area contributed by atoms with Crippen molar-refractivity contribution in [2.45, 2.75) is 19.5 Å². The topological polar surface area (TPSA) is 49.3 Å². The number of hydrogen-bond acceptors (Lipinski definition) is 2. The Morgan fingerprint density at radius 1 is 1.47 bits per heavy atom. The van der Waals surface area contributed by atoms with Crippen molar-refractivity contribution in [3.63, 3.8) is 0 Å². The van der Waals surface area contributed by atoms with Crippen LogP contribution in [0.3, 0.4) is 0 Å². The standard InChI is InChI=1S/C10H11Br2NO2/c1-6(10(14)15)13-5-7-2-3-8(11)9(12)4-7/h2-4,6,13H,5H2,1H3,(H,14,15). The highest BCUT2D eigenvalue weighted by molar-refractivity contribution is 9.13. The molecule has 82 valence electrons. The van der Waals surface area contributed by atoms with Gasteiger partial charge in [-0.1, -0.05) is 6.07 Å². The van der Waals surface area contributed by atoms with Gasteiger partial charge < -0.3 is 10.4 Å². The van der Waals surface area contributed by atoms with Gasteiger partial charge in [0.05, 0.1) is 0 Å². The van der Waals surface area contributed by atoms with Crippen LogP contribution in [0.25, 0.3) is 0 Å². The fourth-order valence-corrected chi connectivity index (χ4v) is 1.68. The van der Waals surface area contributed by atoms with Crippen LogP contribution in [0.4, 0.5) is 0 Å². The van der Waals surface area contributed by atoms with Gasteiger partial charge in [-0.15, -0.1) is 0 Å². The van der Waals surface area contributed by atoms with Gasteiger partial charge in [0.1, 0.15) is 6.04 Å². The lowest BCUT2D eigenvalue weighted by Crippen LogP contribution is -2.33. The number of carbonyl (C=O) groups is 1. The number of rotatable bonds is 4. The van der Waals surface area contributed by atoms with E-state index in [9.17, 15) is 4.79 Å². The Morgan fingerprint density at radius 3 is 2.67 bits per heavy atom. The molecule has 15 heavy (non-hydrogen) atoms. The lowest BCUT2D eigenvalue weighted by Gasteiger charge is -2.09. The van der Waals surface area contributed by atoms with Crippen molar-refractivity contribution in [2.24, 2.45) is 0 Å². The van der Waals surface area contributed by atoms with E-state index in [1.54, 1.807) is 6.92 Å². The SMILES string of the molecule is CC(NCc1ccc(Br)c(Br)c1)C(=O)O. The van der Waals surface area contributed by atoms with Gasteiger partial charge in [0.15, 0.2) is 0 Å². The highest BCUT2D eigenvalue weighted by Crippen LogP contribution is 2.23. The van der Waals surface area contributed by atoms with E-state index < -0.39 is 12.0 Å². The highest BCUT2D eigenvalue weighted by atomic mass is 79.9. The quantitative estimate of drug-likeness (QED) is 0.888. The Kier molecular flexibility index (Phi) is 4.76. The molecule has 1 atom stereocenters. The molecule has 0 aromatic heterocycles. The van der Waals surface area contributed by atoms with E-state index in [1.807, 2.05) is 18.2 Å². The van der Waals surface area contributed by atoms with Gasteiger partial charge in [-0.2, -0.15) is 0 Å². The summed E-state index contributed by atoms with van der Waals surface area (Å²) in [5.41, 5.74) is 1.04. The van der Waals surface area contributed by atoms with E-state index in [0.29, 0.717) is 6.54 Å². The summed E-state index contributed by atoms with van der Waals surface area (Å²) < 4.78 is 1.95. The lowest BCUT2D eigenvalue weighted by molar-refractivity contribution is -0.139. The Balaban J connectivity index is 2.58. The molecule has 0 heterocycles. The fourth-order valence-electron chi connectivity index (χ4n) is 1.01. The average molecular weight is 337 g/mol. The molecule has 0 amide bonds. The van der Waals surface area contributed by atoms with E-state index in [2.05, 4.69) is 37.2 Å². The summed E-state index contributed by atoms with van der Waals surface area (Å²) in [5.74, 6) is -0.842. The largest absolute Gasteiger partial charge is 0.480 e. The highest BCUT2D eigenvalue weighted by Gasteiger charge is 2.09. The van der Waals surface area contributed by atoms with E-state index in [-0.39, 0.29) is 0 Å². The first kappa shape index (κ1) is 12.7. The molecule has 0 fully saturated rings. The molecule has 1 unspecified atom stereocenters. The van der Waals surface area contributed by atoms with Gasteiger partial charge in [-0.3, -0.25) is 4.79 Å². The maximum Gasteiger partial charge on any atom is 0.320 e.